The smallest absolute Gasteiger partial charge is 0.360 e. The monoisotopic (exact) mass is 374 g/mol. The molecule has 6 nitrogen and oxygen atoms in total. The van der Waals surface area contributed by atoms with Gasteiger partial charge in [0, 0.05) is 13.1 Å². The molecule has 0 aromatic heterocycles. The van der Waals surface area contributed by atoms with Crippen LogP contribution in [0.2, 0.25) is 0 Å². The van der Waals surface area contributed by atoms with Gasteiger partial charge in [-0.05, 0) is 35.7 Å². The van der Waals surface area contributed by atoms with Gasteiger partial charge in [0.1, 0.15) is 5.75 Å². The van der Waals surface area contributed by atoms with Crippen LogP contribution in [0.1, 0.15) is 11.1 Å². The number of benzene rings is 2. The van der Waals surface area contributed by atoms with Gasteiger partial charge in [-0.3, -0.25) is 4.90 Å². The highest BCUT2D eigenvalue weighted by Crippen LogP contribution is 2.37. The molecule has 0 amide bonds. The van der Waals surface area contributed by atoms with E-state index in [-0.39, 0.29) is 11.9 Å². The van der Waals surface area contributed by atoms with Gasteiger partial charge in [0.05, 0.1) is 0 Å². The molecular formula is C19H21NO5P+. The van der Waals surface area contributed by atoms with Crippen LogP contribution >= 0.6 is 7.80 Å². The number of aromatic hydroxyl groups is 1. The van der Waals surface area contributed by atoms with Crippen LogP contribution in [0, 0.1) is 6.92 Å². The second-order valence-electron chi connectivity index (χ2n) is 6.52. The Morgan fingerprint density at radius 2 is 1.92 bits per heavy atom. The summed E-state index contributed by atoms with van der Waals surface area (Å²) in [5, 5.41) is 29.5. The fraction of sp³-hybridized carbons (Fsp3) is 0.316. The summed E-state index contributed by atoms with van der Waals surface area (Å²) in [5.74, 6) is -1.11. The second kappa shape index (κ2) is 7.54. The Morgan fingerprint density at radius 3 is 2.58 bits per heavy atom. The van der Waals surface area contributed by atoms with E-state index in [1.807, 2.05) is 31.2 Å². The van der Waals surface area contributed by atoms with Crippen molar-refractivity contribution >= 4 is 13.8 Å². The van der Waals surface area contributed by atoms with E-state index in [0.29, 0.717) is 13.1 Å². The number of aryl methyl sites for hydroxylation is 1. The topological polar surface area (TPSA) is 98.1 Å². The van der Waals surface area contributed by atoms with Gasteiger partial charge in [-0.15, -0.1) is 0 Å². The van der Waals surface area contributed by atoms with Gasteiger partial charge in [-0.25, -0.2) is 4.79 Å². The first kappa shape index (κ1) is 18.5. The quantitative estimate of drug-likeness (QED) is 0.712. The maximum absolute atomic E-state index is 12.0. The maximum atomic E-state index is 12.0. The van der Waals surface area contributed by atoms with E-state index in [1.165, 1.54) is 0 Å². The molecule has 3 N–H and O–H groups in total. The zero-order valence-corrected chi connectivity index (χ0v) is 15.3. The lowest BCUT2D eigenvalue weighted by molar-refractivity contribution is -0.142. The first-order valence-corrected chi connectivity index (χ1v) is 9.86. The molecule has 2 aromatic carbocycles. The number of aliphatic hydroxyl groups excluding tert-OH is 1. The largest absolute Gasteiger partial charge is 0.508 e. The molecule has 136 valence electrons. The molecule has 3 rings (SSSR count). The lowest BCUT2D eigenvalue weighted by Gasteiger charge is -2.30. The predicted octanol–water partition coefficient (Wildman–Crippen LogP) is 2.78. The molecular weight excluding hydrogens is 353 g/mol. The van der Waals surface area contributed by atoms with Gasteiger partial charge in [0.15, 0.2) is 12.4 Å². The number of hydrogen-bond acceptors (Lipinski definition) is 5. The number of aliphatic carboxylic acids is 1. The summed E-state index contributed by atoms with van der Waals surface area (Å²) >= 11 is 0. The molecule has 1 aliphatic rings. The fourth-order valence-corrected chi connectivity index (χ4v) is 4.66. The lowest BCUT2D eigenvalue weighted by Crippen LogP contribution is -2.49. The Balaban J connectivity index is 1.91. The molecule has 3 unspecified atom stereocenters. The summed E-state index contributed by atoms with van der Waals surface area (Å²) in [7, 11) is -1.98. The van der Waals surface area contributed by atoms with E-state index < -0.39 is 25.7 Å². The van der Waals surface area contributed by atoms with Crippen LogP contribution < -0.4 is 0 Å². The Morgan fingerprint density at radius 1 is 1.23 bits per heavy atom. The summed E-state index contributed by atoms with van der Waals surface area (Å²) in [6.45, 7) is 2.65. The van der Waals surface area contributed by atoms with E-state index >= 15 is 0 Å². The summed E-state index contributed by atoms with van der Waals surface area (Å²) in [6, 6.07) is 12.9. The number of carboxylic acids is 1. The third-order valence-electron chi connectivity index (χ3n) is 4.66. The highest BCUT2D eigenvalue weighted by Gasteiger charge is 2.50. The molecule has 1 aliphatic heterocycles. The first-order valence-electron chi connectivity index (χ1n) is 8.34. The number of nitrogens with zero attached hydrogens (tertiary/aromatic N) is 1. The third-order valence-corrected chi connectivity index (χ3v) is 6.41. The summed E-state index contributed by atoms with van der Waals surface area (Å²) in [5.41, 5.74) is 2.44. The van der Waals surface area contributed by atoms with Crippen LogP contribution in [0.15, 0.2) is 42.5 Å². The zero-order chi connectivity index (χ0) is 18.8. The van der Waals surface area contributed by atoms with Gasteiger partial charge >= 0.3 is 13.8 Å². The molecule has 2 aromatic rings. The standard InChI is InChI=1S/C19H20NO5P/c1-12-2-4-13(5-3-12)16-10-15(21)7-6-14(16)11-20-8-9-26(25)17(18(20)22)19(23)24/h2-7,10,17-18,22H,8-9,11H2,1H3,(H-,21,23,24)/p+1. The molecule has 1 heterocycles. The van der Waals surface area contributed by atoms with Gasteiger partial charge in [-0.2, -0.15) is 0 Å². The molecule has 0 aliphatic carbocycles. The Bertz CT molecular complexity index is 836. The van der Waals surface area contributed by atoms with Crippen molar-refractivity contribution in [3.05, 3.63) is 53.6 Å². The van der Waals surface area contributed by atoms with Crippen molar-refractivity contribution in [3.63, 3.8) is 0 Å². The average molecular weight is 374 g/mol. The Hall–Kier alpha value is -2.27. The minimum absolute atomic E-state index is 0.134. The molecule has 7 heteroatoms. The number of rotatable bonds is 4. The summed E-state index contributed by atoms with van der Waals surface area (Å²) < 4.78 is 12.0. The van der Waals surface area contributed by atoms with Gasteiger partial charge < -0.3 is 15.3 Å². The Kier molecular flexibility index (Phi) is 5.37. The van der Waals surface area contributed by atoms with E-state index in [4.69, 9.17) is 0 Å². The van der Waals surface area contributed by atoms with Crippen molar-refractivity contribution in [1.29, 1.82) is 0 Å². The second-order valence-corrected chi connectivity index (χ2v) is 8.35. The lowest BCUT2D eigenvalue weighted by atomic mass is 9.98. The third kappa shape index (κ3) is 3.78. The Labute approximate surface area is 152 Å². The van der Waals surface area contributed by atoms with Crippen molar-refractivity contribution in [2.24, 2.45) is 0 Å². The summed E-state index contributed by atoms with van der Waals surface area (Å²) in [4.78, 5) is 13.0. The zero-order valence-electron chi connectivity index (χ0n) is 14.4. The van der Waals surface area contributed by atoms with Crippen LogP contribution in [0.25, 0.3) is 11.1 Å². The number of carbonyl (C=O) groups is 1. The van der Waals surface area contributed by atoms with Crippen LogP contribution in [-0.4, -0.2) is 50.8 Å². The van der Waals surface area contributed by atoms with Crippen molar-refractivity contribution in [3.8, 4) is 16.9 Å². The van der Waals surface area contributed by atoms with Crippen LogP contribution in [0.4, 0.5) is 0 Å². The van der Waals surface area contributed by atoms with Crippen LogP contribution in [0.5, 0.6) is 5.75 Å². The highest BCUT2D eigenvalue weighted by atomic mass is 31.1. The minimum atomic E-state index is -1.98. The number of aliphatic hydroxyl groups is 1. The predicted molar refractivity (Wildman–Crippen MR) is 98.6 cm³/mol. The summed E-state index contributed by atoms with van der Waals surface area (Å²) in [6.07, 6.45) is -1.06. The van der Waals surface area contributed by atoms with Crippen molar-refractivity contribution < 1.29 is 24.7 Å². The highest BCUT2D eigenvalue weighted by molar-refractivity contribution is 7.46. The van der Waals surface area contributed by atoms with Crippen molar-refractivity contribution in [2.45, 2.75) is 25.4 Å². The average Bonchev–Trinajstić information content (AvgIpc) is 2.59. The van der Waals surface area contributed by atoms with E-state index in [9.17, 15) is 24.7 Å². The number of carboxylic acid groups (broad SMARTS) is 1. The van der Waals surface area contributed by atoms with Crippen LogP contribution in [-0.2, 0) is 15.9 Å². The van der Waals surface area contributed by atoms with E-state index in [2.05, 4.69) is 0 Å². The number of phenols is 1. The van der Waals surface area contributed by atoms with E-state index in [1.54, 1.807) is 23.1 Å². The molecule has 26 heavy (non-hydrogen) atoms. The molecule has 0 saturated carbocycles. The molecule has 0 spiro atoms. The van der Waals surface area contributed by atoms with Gasteiger partial charge in [0.2, 0.25) is 0 Å². The normalized spacial score (nSPS) is 22.3. The first-order chi connectivity index (χ1) is 12.4. The van der Waals surface area contributed by atoms with E-state index in [0.717, 1.165) is 22.3 Å². The molecule has 1 saturated heterocycles. The fourth-order valence-electron chi connectivity index (χ4n) is 3.19. The molecule has 0 radical (unpaired) electrons. The SMILES string of the molecule is Cc1ccc(-c2cc(O)ccc2CN2CC[P+](=O)C(C(=O)O)C2O)cc1. The molecule has 0 bridgehead atoms. The molecule has 3 atom stereocenters. The van der Waals surface area contributed by atoms with Gasteiger partial charge in [0.25, 0.3) is 5.66 Å². The van der Waals surface area contributed by atoms with Crippen molar-refractivity contribution in [2.75, 3.05) is 12.7 Å². The van der Waals surface area contributed by atoms with Gasteiger partial charge in [-0.1, -0.05) is 40.5 Å². The molecule has 1 fully saturated rings. The van der Waals surface area contributed by atoms with Crippen LogP contribution in [0.3, 0.4) is 0 Å². The van der Waals surface area contributed by atoms with Crippen molar-refractivity contribution in [1.82, 2.24) is 4.90 Å². The number of phenolic OH excluding ortho intramolecular Hbond substituents is 1. The minimum Gasteiger partial charge on any atom is -0.508 e. The number of hydrogen-bond donors (Lipinski definition) is 3. The maximum Gasteiger partial charge on any atom is 0.360 e.